The molecule has 30 heavy (non-hydrogen) atoms. The Hall–Kier alpha value is -3.23. The Bertz CT molecular complexity index is 1030. The average Bonchev–Trinajstić information content (AvgIpc) is 3.27. The van der Waals surface area contributed by atoms with Crippen molar-refractivity contribution in [1.82, 2.24) is 4.72 Å². The first kappa shape index (κ1) is 21.5. The second-order valence-corrected chi connectivity index (χ2v) is 8.14. The molecular formula is C22H21NO6S. The summed E-state index contributed by atoms with van der Waals surface area (Å²) in [6, 6.07) is 14.6. The van der Waals surface area contributed by atoms with Crippen LogP contribution in [0.15, 0.2) is 76.4 Å². The molecule has 1 unspecified atom stereocenters. The molecule has 1 heterocycles. The van der Waals surface area contributed by atoms with Crippen molar-refractivity contribution in [2.45, 2.75) is 24.8 Å². The van der Waals surface area contributed by atoms with E-state index in [2.05, 4.69) is 4.72 Å². The van der Waals surface area contributed by atoms with Gasteiger partial charge < -0.3 is 14.3 Å². The Labute approximate surface area is 176 Å². The van der Waals surface area contributed by atoms with Crippen molar-refractivity contribution >= 4 is 22.9 Å². The van der Waals surface area contributed by atoms with Crippen LogP contribution in [0, 0.1) is 5.92 Å². The SMILES string of the molecule is CC(C)[C@@H](NS(=O)c1ccc(-c2ccc(OC(=O)c3ccoc3)cc2)cc1)C(=O)O. The molecule has 0 fully saturated rings. The van der Waals surface area contributed by atoms with Gasteiger partial charge in [-0.25, -0.2) is 13.7 Å². The average molecular weight is 427 g/mol. The van der Waals surface area contributed by atoms with E-state index in [0.717, 1.165) is 11.1 Å². The number of carbonyl (C=O) groups excluding carboxylic acids is 1. The number of benzene rings is 2. The molecule has 8 heteroatoms. The lowest BCUT2D eigenvalue weighted by atomic mass is 10.1. The summed E-state index contributed by atoms with van der Waals surface area (Å²) in [6.45, 7) is 3.50. The van der Waals surface area contributed by atoms with Crippen LogP contribution in [-0.2, 0) is 15.8 Å². The van der Waals surface area contributed by atoms with Gasteiger partial charge in [-0.3, -0.25) is 4.79 Å². The smallest absolute Gasteiger partial charge is 0.346 e. The molecule has 3 rings (SSSR count). The van der Waals surface area contributed by atoms with Crippen molar-refractivity contribution in [2.24, 2.45) is 5.92 Å². The summed E-state index contributed by atoms with van der Waals surface area (Å²) in [5.41, 5.74) is 2.09. The summed E-state index contributed by atoms with van der Waals surface area (Å²) in [6.07, 6.45) is 2.72. The fourth-order valence-electron chi connectivity index (χ4n) is 2.69. The Morgan fingerprint density at radius 1 is 1.00 bits per heavy atom. The zero-order valence-corrected chi connectivity index (χ0v) is 17.2. The molecule has 0 aliphatic carbocycles. The van der Waals surface area contributed by atoms with Gasteiger partial charge >= 0.3 is 11.9 Å². The molecule has 0 amide bonds. The molecule has 0 bridgehead atoms. The van der Waals surface area contributed by atoms with Crippen LogP contribution in [0.25, 0.3) is 11.1 Å². The first-order valence-corrected chi connectivity index (χ1v) is 10.4. The summed E-state index contributed by atoms with van der Waals surface area (Å²) < 4.78 is 25.2. The number of ether oxygens (including phenoxy) is 1. The van der Waals surface area contributed by atoms with Crippen molar-refractivity contribution in [3.05, 3.63) is 72.7 Å². The van der Waals surface area contributed by atoms with E-state index < -0.39 is 29.0 Å². The third-order valence-electron chi connectivity index (χ3n) is 4.39. The normalized spacial score (nSPS) is 13.0. The summed E-state index contributed by atoms with van der Waals surface area (Å²) in [7, 11) is -1.64. The molecule has 7 nitrogen and oxygen atoms in total. The second-order valence-electron chi connectivity index (χ2n) is 6.90. The minimum atomic E-state index is -1.64. The highest BCUT2D eigenvalue weighted by molar-refractivity contribution is 7.83. The molecule has 2 aromatic carbocycles. The van der Waals surface area contributed by atoms with E-state index in [1.165, 1.54) is 18.6 Å². The topological polar surface area (TPSA) is 106 Å². The molecule has 2 N–H and O–H groups in total. The number of carboxylic acids is 1. The molecule has 0 saturated heterocycles. The number of rotatable bonds is 8. The van der Waals surface area contributed by atoms with Crippen molar-refractivity contribution < 1.29 is 28.1 Å². The summed E-state index contributed by atoms with van der Waals surface area (Å²) >= 11 is 0. The highest BCUT2D eigenvalue weighted by Crippen LogP contribution is 2.24. The second kappa shape index (κ2) is 9.51. The minimum absolute atomic E-state index is 0.202. The van der Waals surface area contributed by atoms with Crippen LogP contribution >= 0.6 is 0 Å². The maximum atomic E-state index is 12.4. The summed E-state index contributed by atoms with van der Waals surface area (Å²) in [4.78, 5) is 23.7. The molecule has 2 atom stereocenters. The van der Waals surface area contributed by atoms with Gasteiger partial charge in [0.25, 0.3) is 0 Å². The predicted octanol–water partition coefficient (Wildman–Crippen LogP) is 3.89. The monoisotopic (exact) mass is 427 g/mol. The van der Waals surface area contributed by atoms with Crippen molar-refractivity contribution in [1.29, 1.82) is 0 Å². The summed E-state index contributed by atoms with van der Waals surface area (Å²) in [5.74, 6) is -1.34. The van der Waals surface area contributed by atoms with Crippen molar-refractivity contribution in [2.75, 3.05) is 0 Å². The number of carbonyl (C=O) groups is 2. The number of carboxylic acid groups (broad SMARTS) is 1. The van der Waals surface area contributed by atoms with Gasteiger partial charge in [0.2, 0.25) is 0 Å². The number of nitrogens with one attached hydrogen (secondary N) is 1. The third-order valence-corrected chi connectivity index (χ3v) is 5.56. The van der Waals surface area contributed by atoms with Crippen LogP contribution < -0.4 is 9.46 Å². The number of esters is 1. The van der Waals surface area contributed by atoms with E-state index in [-0.39, 0.29) is 5.92 Å². The van der Waals surface area contributed by atoms with Crippen LogP contribution in [0.5, 0.6) is 5.75 Å². The molecule has 0 aliphatic heterocycles. The minimum Gasteiger partial charge on any atom is -0.480 e. The largest absolute Gasteiger partial charge is 0.480 e. The van der Waals surface area contributed by atoms with Gasteiger partial charge in [-0.2, -0.15) is 0 Å². The molecule has 0 saturated carbocycles. The molecule has 3 aromatic rings. The highest BCUT2D eigenvalue weighted by Gasteiger charge is 2.23. The molecule has 0 aliphatic rings. The number of aliphatic carboxylic acids is 1. The fourth-order valence-corrected chi connectivity index (χ4v) is 3.81. The predicted molar refractivity (Wildman–Crippen MR) is 111 cm³/mol. The maximum Gasteiger partial charge on any atom is 0.346 e. The maximum absolute atomic E-state index is 12.4. The Balaban J connectivity index is 1.66. The van der Waals surface area contributed by atoms with E-state index in [1.807, 2.05) is 0 Å². The quantitative estimate of drug-likeness (QED) is 0.417. The van der Waals surface area contributed by atoms with Gasteiger partial charge in [-0.05, 0) is 47.4 Å². The van der Waals surface area contributed by atoms with Gasteiger partial charge in [0.15, 0.2) is 0 Å². The number of hydrogen-bond acceptors (Lipinski definition) is 5. The van der Waals surface area contributed by atoms with Crippen LogP contribution in [0.1, 0.15) is 24.2 Å². The van der Waals surface area contributed by atoms with Gasteiger partial charge in [-0.1, -0.05) is 38.1 Å². The fraction of sp³-hybridized carbons (Fsp3) is 0.182. The van der Waals surface area contributed by atoms with Gasteiger partial charge in [0.05, 0.1) is 16.7 Å². The first-order chi connectivity index (χ1) is 14.3. The Morgan fingerprint density at radius 2 is 1.60 bits per heavy atom. The lowest BCUT2D eigenvalue weighted by Gasteiger charge is -2.17. The van der Waals surface area contributed by atoms with E-state index >= 15 is 0 Å². The van der Waals surface area contributed by atoms with Crippen molar-refractivity contribution in [3.8, 4) is 16.9 Å². The van der Waals surface area contributed by atoms with Crippen LogP contribution in [0.2, 0.25) is 0 Å². The number of furan rings is 1. The molecule has 1 aromatic heterocycles. The standard InChI is InChI=1S/C22H21NO6S/c1-14(2)20(21(24)25)23-30(27)19-9-5-16(6-10-19)15-3-7-18(8-4-15)29-22(26)17-11-12-28-13-17/h3-14,20,23H,1-2H3,(H,24,25)/t20-,30?/m1/s1. The van der Waals surface area contributed by atoms with E-state index in [0.29, 0.717) is 16.2 Å². The highest BCUT2D eigenvalue weighted by atomic mass is 32.2. The first-order valence-electron chi connectivity index (χ1n) is 9.21. The summed E-state index contributed by atoms with van der Waals surface area (Å²) in [5, 5.41) is 9.23. The Kier molecular flexibility index (Phi) is 6.81. The lowest BCUT2D eigenvalue weighted by molar-refractivity contribution is -0.140. The van der Waals surface area contributed by atoms with E-state index in [4.69, 9.17) is 9.15 Å². The molecule has 156 valence electrons. The van der Waals surface area contributed by atoms with Crippen molar-refractivity contribution in [3.63, 3.8) is 0 Å². The van der Waals surface area contributed by atoms with Gasteiger partial charge in [-0.15, -0.1) is 0 Å². The Morgan fingerprint density at radius 3 is 2.10 bits per heavy atom. The van der Waals surface area contributed by atoms with Crippen LogP contribution in [0.3, 0.4) is 0 Å². The molecule has 0 spiro atoms. The number of hydrogen-bond donors (Lipinski definition) is 2. The van der Waals surface area contributed by atoms with Gasteiger partial charge in [0.1, 0.15) is 29.0 Å². The van der Waals surface area contributed by atoms with E-state index in [1.54, 1.807) is 62.4 Å². The molecular weight excluding hydrogens is 406 g/mol. The van der Waals surface area contributed by atoms with Crippen LogP contribution in [-0.4, -0.2) is 27.3 Å². The van der Waals surface area contributed by atoms with Crippen LogP contribution in [0.4, 0.5) is 0 Å². The molecule has 0 radical (unpaired) electrons. The zero-order chi connectivity index (χ0) is 21.7. The van der Waals surface area contributed by atoms with E-state index in [9.17, 15) is 18.9 Å². The third kappa shape index (κ3) is 5.22. The zero-order valence-electron chi connectivity index (χ0n) is 16.4. The lowest BCUT2D eigenvalue weighted by Crippen LogP contribution is -2.41. The van der Waals surface area contributed by atoms with Gasteiger partial charge in [0, 0.05) is 0 Å².